The highest BCUT2D eigenvalue weighted by atomic mass is 35.5. The summed E-state index contributed by atoms with van der Waals surface area (Å²) in [5.41, 5.74) is 0.0240. The number of halogens is 1. The number of aromatic carboxylic acids is 1. The Morgan fingerprint density at radius 3 is 2.68 bits per heavy atom. The van der Waals surface area contributed by atoms with Crippen molar-refractivity contribution in [2.45, 2.75) is 0 Å². The number of rotatable bonds is 3. The zero-order valence-electron chi connectivity index (χ0n) is 9.50. The first kappa shape index (κ1) is 13.0. The van der Waals surface area contributed by atoms with E-state index < -0.39 is 11.9 Å². The summed E-state index contributed by atoms with van der Waals surface area (Å²) in [6.45, 7) is 0. The normalized spacial score (nSPS) is 9.95. The Morgan fingerprint density at radius 1 is 1.26 bits per heavy atom. The molecule has 1 heterocycles. The Morgan fingerprint density at radius 2 is 2.05 bits per heavy atom. The molecule has 1 aromatic heterocycles. The van der Waals surface area contributed by atoms with Gasteiger partial charge in [-0.05, 0) is 12.1 Å². The molecule has 0 saturated carbocycles. The average Bonchev–Trinajstić information content (AvgIpc) is 2.39. The van der Waals surface area contributed by atoms with Gasteiger partial charge in [-0.1, -0.05) is 17.7 Å². The highest BCUT2D eigenvalue weighted by Gasteiger charge is 2.17. The third kappa shape index (κ3) is 2.86. The first-order chi connectivity index (χ1) is 9.09. The van der Waals surface area contributed by atoms with Gasteiger partial charge < -0.3 is 10.4 Å². The van der Waals surface area contributed by atoms with Crippen LogP contribution in [-0.2, 0) is 0 Å². The minimum Gasteiger partial charge on any atom is -0.478 e. The molecule has 0 unspecified atom stereocenters. The lowest BCUT2D eigenvalue weighted by molar-refractivity contribution is 0.0698. The molecular formula is C12H8ClN3O3. The number of carbonyl (C=O) groups excluding carboxylic acids is 1. The van der Waals surface area contributed by atoms with Gasteiger partial charge in [-0.2, -0.15) is 0 Å². The topological polar surface area (TPSA) is 92.2 Å². The molecule has 19 heavy (non-hydrogen) atoms. The van der Waals surface area contributed by atoms with Crippen LogP contribution in [0.3, 0.4) is 0 Å². The smallest absolute Gasteiger partial charge is 0.339 e. The number of carboxylic acids is 1. The molecule has 0 saturated heterocycles. The van der Waals surface area contributed by atoms with Crippen molar-refractivity contribution in [2.24, 2.45) is 0 Å². The van der Waals surface area contributed by atoms with Gasteiger partial charge in [-0.25, -0.2) is 9.78 Å². The molecule has 0 radical (unpaired) electrons. The predicted molar refractivity (Wildman–Crippen MR) is 68.4 cm³/mol. The van der Waals surface area contributed by atoms with Gasteiger partial charge in [-0.15, -0.1) is 0 Å². The minimum atomic E-state index is -1.22. The largest absolute Gasteiger partial charge is 0.478 e. The van der Waals surface area contributed by atoms with E-state index in [2.05, 4.69) is 15.3 Å². The van der Waals surface area contributed by atoms with Crippen LogP contribution in [0.25, 0.3) is 0 Å². The van der Waals surface area contributed by atoms with Gasteiger partial charge in [-0.3, -0.25) is 9.78 Å². The van der Waals surface area contributed by atoms with Gasteiger partial charge in [0.05, 0.1) is 16.9 Å². The zero-order chi connectivity index (χ0) is 13.8. The van der Waals surface area contributed by atoms with Crippen LogP contribution in [-0.4, -0.2) is 27.0 Å². The quantitative estimate of drug-likeness (QED) is 0.896. The fourth-order valence-corrected chi connectivity index (χ4v) is 1.70. The summed E-state index contributed by atoms with van der Waals surface area (Å²) < 4.78 is 0. The van der Waals surface area contributed by atoms with Crippen LogP contribution in [0.1, 0.15) is 20.8 Å². The molecule has 0 aliphatic carbocycles. The molecule has 2 aromatic rings. The maximum Gasteiger partial charge on any atom is 0.339 e. The van der Waals surface area contributed by atoms with Gasteiger partial charge in [0.25, 0.3) is 5.91 Å². The Labute approximate surface area is 113 Å². The Balaban J connectivity index is 2.32. The van der Waals surface area contributed by atoms with Gasteiger partial charge in [0.2, 0.25) is 0 Å². The third-order valence-corrected chi connectivity index (χ3v) is 2.59. The maximum atomic E-state index is 11.9. The fourth-order valence-electron chi connectivity index (χ4n) is 1.45. The molecule has 0 aliphatic heterocycles. The van der Waals surface area contributed by atoms with E-state index in [1.807, 2.05) is 0 Å². The van der Waals surface area contributed by atoms with Crippen LogP contribution in [0.4, 0.5) is 5.69 Å². The number of nitrogens with one attached hydrogen (secondary N) is 1. The second kappa shape index (κ2) is 5.45. The predicted octanol–water partition coefficient (Wildman–Crippen LogP) is 2.08. The number of amides is 1. The molecule has 0 atom stereocenters. The second-order valence-corrected chi connectivity index (χ2v) is 3.92. The lowest BCUT2D eigenvalue weighted by atomic mass is 10.1. The van der Waals surface area contributed by atoms with Gasteiger partial charge in [0, 0.05) is 12.4 Å². The number of hydrogen-bond donors (Lipinski definition) is 2. The molecular weight excluding hydrogens is 270 g/mol. The third-order valence-electron chi connectivity index (χ3n) is 2.27. The lowest BCUT2D eigenvalue weighted by Crippen LogP contribution is -2.16. The summed E-state index contributed by atoms with van der Waals surface area (Å²) in [5.74, 6) is -1.78. The molecule has 0 aliphatic rings. The number of carboxylic acid groups (broad SMARTS) is 1. The Kier molecular flexibility index (Phi) is 3.72. The van der Waals surface area contributed by atoms with Gasteiger partial charge >= 0.3 is 5.97 Å². The molecule has 6 nitrogen and oxygen atoms in total. The number of nitrogens with zero attached hydrogens (tertiary/aromatic N) is 2. The second-order valence-electron chi connectivity index (χ2n) is 3.51. The number of benzene rings is 1. The minimum absolute atomic E-state index is 0.0458. The first-order valence-electron chi connectivity index (χ1n) is 5.19. The number of hydrogen-bond acceptors (Lipinski definition) is 4. The van der Waals surface area contributed by atoms with E-state index in [0.29, 0.717) is 0 Å². The molecule has 1 aromatic carbocycles. The molecule has 2 N–H and O–H groups in total. The molecule has 0 bridgehead atoms. The van der Waals surface area contributed by atoms with E-state index in [9.17, 15) is 9.59 Å². The summed E-state index contributed by atoms with van der Waals surface area (Å²) in [5, 5.41) is 11.6. The van der Waals surface area contributed by atoms with Crippen molar-refractivity contribution in [2.75, 3.05) is 5.32 Å². The van der Waals surface area contributed by atoms with Crippen molar-refractivity contribution in [3.63, 3.8) is 0 Å². The van der Waals surface area contributed by atoms with Gasteiger partial charge in [0.15, 0.2) is 0 Å². The first-order valence-corrected chi connectivity index (χ1v) is 5.56. The average molecular weight is 278 g/mol. The fraction of sp³-hybridized carbons (Fsp3) is 0. The standard InChI is InChI=1S/C12H8ClN3O3/c13-7-2-1-3-8(10(7)12(18)19)16-11(17)9-6-14-4-5-15-9/h1-6H,(H,16,17)(H,18,19). The van der Waals surface area contributed by atoms with E-state index in [4.69, 9.17) is 16.7 Å². The van der Waals surface area contributed by atoms with Crippen LogP contribution in [0.2, 0.25) is 5.02 Å². The summed E-state index contributed by atoms with van der Waals surface area (Å²) in [7, 11) is 0. The van der Waals surface area contributed by atoms with E-state index >= 15 is 0 Å². The number of anilines is 1. The number of aromatic nitrogens is 2. The van der Waals surface area contributed by atoms with Crippen molar-refractivity contribution in [1.29, 1.82) is 0 Å². The number of carbonyl (C=O) groups is 2. The summed E-state index contributed by atoms with van der Waals surface area (Å²) in [4.78, 5) is 30.5. The van der Waals surface area contributed by atoms with Crippen molar-refractivity contribution in [3.8, 4) is 0 Å². The SMILES string of the molecule is O=C(Nc1cccc(Cl)c1C(=O)O)c1cnccn1. The van der Waals surface area contributed by atoms with Crippen molar-refractivity contribution in [1.82, 2.24) is 9.97 Å². The van der Waals surface area contributed by atoms with E-state index in [1.165, 1.54) is 30.7 Å². The molecule has 96 valence electrons. The van der Waals surface area contributed by atoms with Crippen LogP contribution in [0.15, 0.2) is 36.8 Å². The summed E-state index contributed by atoms with van der Waals surface area (Å²) in [6.07, 6.45) is 4.07. The van der Waals surface area contributed by atoms with Gasteiger partial charge in [0.1, 0.15) is 11.3 Å². The van der Waals surface area contributed by atoms with Crippen LogP contribution >= 0.6 is 11.6 Å². The Bertz CT molecular complexity index is 631. The summed E-state index contributed by atoms with van der Waals surface area (Å²) >= 11 is 5.79. The maximum absolute atomic E-state index is 11.9. The highest BCUT2D eigenvalue weighted by Crippen LogP contribution is 2.24. The monoisotopic (exact) mass is 277 g/mol. The molecule has 2 rings (SSSR count). The van der Waals surface area contributed by atoms with Crippen LogP contribution in [0, 0.1) is 0 Å². The van der Waals surface area contributed by atoms with Crippen LogP contribution < -0.4 is 5.32 Å². The van der Waals surface area contributed by atoms with E-state index in [1.54, 1.807) is 6.07 Å². The Hall–Kier alpha value is -2.47. The van der Waals surface area contributed by atoms with Crippen molar-refractivity contribution < 1.29 is 14.7 Å². The highest BCUT2D eigenvalue weighted by molar-refractivity contribution is 6.34. The molecule has 1 amide bonds. The van der Waals surface area contributed by atoms with Crippen LogP contribution in [0.5, 0.6) is 0 Å². The summed E-state index contributed by atoms with van der Waals surface area (Å²) in [6, 6.07) is 4.42. The molecule has 7 heteroatoms. The van der Waals surface area contributed by atoms with E-state index in [-0.39, 0.29) is 22.0 Å². The van der Waals surface area contributed by atoms with Crippen molar-refractivity contribution >= 4 is 29.2 Å². The lowest BCUT2D eigenvalue weighted by Gasteiger charge is -2.08. The molecule has 0 spiro atoms. The van der Waals surface area contributed by atoms with E-state index in [0.717, 1.165) is 0 Å². The molecule has 0 fully saturated rings. The zero-order valence-corrected chi connectivity index (χ0v) is 10.3. The van der Waals surface area contributed by atoms with Crippen molar-refractivity contribution in [3.05, 3.63) is 53.1 Å².